The molecule has 7 nitrogen and oxygen atoms in total. The number of hydrogen-bond acceptors (Lipinski definition) is 5. The number of carboxylic acid groups (broad SMARTS) is 1. The van der Waals surface area contributed by atoms with Gasteiger partial charge >= 0.3 is 5.97 Å². The summed E-state index contributed by atoms with van der Waals surface area (Å²) in [6.07, 6.45) is 1.61. The van der Waals surface area contributed by atoms with Crippen molar-refractivity contribution >= 4 is 23.6 Å². The number of aryl methyl sites for hydroxylation is 2. The molecule has 2 N–H and O–H groups in total. The van der Waals surface area contributed by atoms with Crippen molar-refractivity contribution in [1.82, 2.24) is 20.1 Å². The Bertz CT molecular complexity index is 753. The van der Waals surface area contributed by atoms with Crippen molar-refractivity contribution in [3.8, 4) is 0 Å². The predicted octanol–water partition coefficient (Wildman–Crippen LogP) is 2.51. The maximum atomic E-state index is 12.2. The van der Waals surface area contributed by atoms with Gasteiger partial charge in [0.2, 0.25) is 5.91 Å². The van der Waals surface area contributed by atoms with Gasteiger partial charge in [0, 0.05) is 6.04 Å². The van der Waals surface area contributed by atoms with Gasteiger partial charge in [-0.1, -0.05) is 41.1 Å². The quantitative estimate of drug-likeness (QED) is 0.735. The lowest BCUT2D eigenvalue weighted by atomic mass is 10.0. The van der Waals surface area contributed by atoms with Crippen molar-refractivity contribution < 1.29 is 14.7 Å². The monoisotopic (exact) mass is 362 g/mol. The van der Waals surface area contributed by atoms with E-state index in [0.29, 0.717) is 10.7 Å². The van der Waals surface area contributed by atoms with Crippen molar-refractivity contribution in [2.75, 3.05) is 5.75 Å². The fourth-order valence-corrected chi connectivity index (χ4v) is 3.34. The second-order valence-electron chi connectivity index (χ2n) is 6.16. The molecule has 0 saturated carbocycles. The number of nitrogens with one attached hydrogen (secondary N) is 1. The van der Waals surface area contributed by atoms with E-state index in [0.717, 1.165) is 11.1 Å². The maximum Gasteiger partial charge on any atom is 0.330 e. The molecule has 0 aliphatic rings. The van der Waals surface area contributed by atoms with Crippen LogP contribution in [-0.4, -0.2) is 37.5 Å². The molecule has 1 atom stereocenters. The lowest BCUT2D eigenvalue weighted by Gasteiger charge is -2.16. The Morgan fingerprint density at radius 3 is 2.44 bits per heavy atom. The van der Waals surface area contributed by atoms with Crippen molar-refractivity contribution in [2.24, 2.45) is 0 Å². The van der Waals surface area contributed by atoms with Crippen LogP contribution in [0.2, 0.25) is 0 Å². The first kappa shape index (κ1) is 19.0. The Morgan fingerprint density at radius 2 is 1.88 bits per heavy atom. The van der Waals surface area contributed by atoms with Gasteiger partial charge in [0.1, 0.15) is 6.33 Å². The van der Waals surface area contributed by atoms with Gasteiger partial charge in [-0.15, -0.1) is 10.2 Å². The second kappa shape index (κ2) is 8.15. The molecular formula is C17H22N4O3S. The summed E-state index contributed by atoms with van der Waals surface area (Å²) < 4.78 is 1.86. The van der Waals surface area contributed by atoms with E-state index in [2.05, 4.69) is 15.5 Å². The van der Waals surface area contributed by atoms with Crippen molar-refractivity contribution in [3.63, 3.8) is 0 Å². The lowest BCUT2D eigenvalue weighted by molar-refractivity contribution is -0.141. The minimum Gasteiger partial charge on any atom is -0.479 e. The van der Waals surface area contributed by atoms with E-state index in [9.17, 15) is 14.7 Å². The molecule has 1 amide bonds. The van der Waals surface area contributed by atoms with Crippen LogP contribution < -0.4 is 5.32 Å². The molecule has 0 bridgehead atoms. The average molecular weight is 362 g/mol. The molecule has 0 radical (unpaired) electrons. The fraction of sp³-hybridized carbons (Fsp3) is 0.412. The zero-order valence-corrected chi connectivity index (χ0v) is 15.5. The van der Waals surface area contributed by atoms with Gasteiger partial charge in [0.15, 0.2) is 11.2 Å². The van der Waals surface area contributed by atoms with Crippen LogP contribution in [0.5, 0.6) is 0 Å². The van der Waals surface area contributed by atoms with Gasteiger partial charge in [0.25, 0.3) is 0 Å². The van der Waals surface area contributed by atoms with Crippen LogP contribution >= 0.6 is 11.8 Å². The third-order valence-corrected chi connectivity index (χ3v) is 4.52. The highest BCUT2D eigenvalue weighted by atomic mass is 32.2. The molecule has 0 aliphatic heterocycles. The number of carbonyl (C=O) groups is 2. The highest BCUT2D eigenvalue weighted by Gasteiger charge is 2.23. The minimum absolute atomic E-state index is 0.0694. The fourth-order valence-electron chi connectivity index (χ4n) is 2.49. The van der Waals surface area contributed by atoms with E-state index in [1.807, 2.05) is 38.3 Å². The van der Waals surface area contributed by atoms with Crippen LogP contribution in [0.4, 0.5) is 0 Å². The van der Waals surface area contributed by atoms with E-state index < -0.39 is 12.0 Å². The summed E-state index contributed by atoms with van der Waals surface area (Å²) in [7, 11) is 0. The number of thioether (sulfide) groups is 1. The summed E-state index contributed by atoms with van der Waals surface area (Å²) in [6, 6.07) is 4.61. The van der Waals surface area contributed by atoms with Crippen LogP contribution in [-0.2, 0) is 9.59 Å². The van der Waals surface area contributed by atoms with Gasteiger partial charge < -0.3 is 15.0 Å². The minimum atomic E-state index is -1.09. The molecule has 0 saturated heterocycles. The van der Waals surface area contributed by atoms with Crippen molar-refractivity contribution in [3.05, 3.63) is 41.2 Å². The van der Waals surface area contributed by atoms with Crippen LogP contribution in [0.25, 0.3) is 0 Å². The number of aromatic nitrogens is 3. The van der Waals surface area contributed by atoms with Gasteiger partial charge in [-0.2, -0.15) is 0 Å². The Balaban J connectivity index is 2.05. The van der Waals surface area contributed by atoms with Crippen molar-refractivity contribution in [1.29, 1.82) is 0 Å². The van der Waals surface area contributed by atoms with E-state index in [1.54, 1.807) is 18.5 Å². The van der Waals surface area contributed by atoms with E-state index in [-0.39, 0.29) is 17.7 Å². The number of carboxylic acids is 1. The number of rotatable bonds is 7. The molecule has 1 heterocycles. The summed E-state index contributed by atoms with van der Waals surface area (Å²) in [6.45, 7) is 7.78. The molecule has 1 aromatic heterocycles. The highest BCUT2D eigenvalue weighted by molar-refractivity contribution is 7.99. The molecule has 0 aliphatic carbocycles. The first-order valence-electron chi connectivity index (χ1n) is 7.90. The molecule has 2 rings (SSSR count). The van der Waals surface area contributed by atoms with E-state index in [4.69, 9.17) is 0 Å². The van der Waals surface area contributed by atoms with Crippen LogP contribution in [0.15, 0.2) is 29.7 Å². The topological polar surface area (TPSA) is 97.1 Å². The molecular weight excluding hydrogens is 340 g/mol. The van der Waals surface area contributed by atoms with Gasteiger partial charge in [-0.05, 0) is 33.3 Å². The largest absolute Gasteiger partial charge is 0.479 e. The maximum absolute atomic E-state index is 12.2. The van der Waals surface area contributed by atoms with Gasteiger partial charge in [-0.3, -0.25) is 4.79 Å². The number of amides is 1. The zero-order chi connectivity index (χ0) is 18.6. The SMILES string of the molecule is Cc1cc(C)cc(C(NC(=O)CSc2nncn2C(C)C)C(=O)O)c1. The van der Waals surface area contributed by atoms with E-state index >= 15 is 0 Å². The van der Waals surface area contributed by atoms with Gasteiger partial charge in [-0.25, -0.2) is 4.79 Å². The average Bonchev–Trinajstić information content (AvgIpc) is 2.98. The Morgan fingerprint density at radius 1 is 1.24 bits per heavy atom. The summed E-state index contributed by atoms with van der Waals surface area (Å²) in [5.74, 6) is -1.39. The third-order valence-electron chi connectivity index (χ3n) is 3.56. The summed E-state index contributed by atoms with van der Waals surface area (Å²) in [5, 5.41) is 20.5. The molecule has 134 valence electrons. The number of aliphatic carboxylic acids is 1. The molecule has 25 heavy (non-hydrogen) atoms. The smallest absolute Gasteiger partial charge is 0.330 e. The molecule has 8 heteroatoms. The molecule has 1 aromatic carbocycles. The number of hydrogen-bond donors (Lipinski definition) is 2. The van der Waals surface area contributed by atoms with Crippen molar-refractivity contribution in [2.45, 2.75) is 44.9 Å². The molecule has 0 fully saturated rings. The Labute approximate surface area is 150 Å². The van der Waals surface area contributed by atoms with Crippen LogP contribution in [0.3, 0.4) is 0 Å². The summed E-state index contributed by atoms with van der Waals surface area (Å²) >= 11 is 1.23. The molecule has 0 spiro atoms. The Kier molecular flexibility index (Phi) is 6.19. The number of carbonyl (C=O) groups excluding carboxylic acids is 1. The zero-order valence-electron chi connectivity index (χ0n) is 14.7. The van der Waals surface area contributed by atoms with E-state index in [1.165, 1.54) is 11.8 Å². The molecule has 1 unspecified atom stereocenters. The Hall–Kier alpha value is -2.35. The first-order chi connectivity index (χ1) is 11.8. The normalized spacial score (nSPS) is 12.2. The lowest BCUT2D eigenvalue weighted by Crippen LogP contribution is -2.35. The predicted molar refractivity (Wildman–Crippen MR) is 95.6 cm³/mol. The van der Waals surface area contributed by atoms with Gasteiger partial charge in [0.05, 0.1) is 5.75 Å². The van der Waals surface area contributed by atoms with Crippen LogP contribution in [0.1, 0.15) is 42.6 Å². The third kappa shape index (κ3) is 5.06. The second-order valence-corrected chi connectivity index (χ2v) is 7.11. The number of benzene rings is 1. The highest BCUT2D eigenvalue weighted by Crippen LogP contribution is 2.20. The molecule has 2 aromatic rings. The summed E-state index contributed by atoms with van der Waals surface area (Å²) in [5.41, 5.74) is 2.47. The number of nitrogens with zero attached hydrogens (tertiary/aromatic N) is 3. The summed E-state index contributed by atoms with van der Waals surface area (Å²) in [4.78, 5) is 23.8. The first-order valence-corrected chi connectivity index (χ1v) is 8.89. The van der Waals surface area contributed by atoms with Crippen LogP contribution in [0, 0.1) is 13.8 Å². The standard InChI is InChI=1S/C17H22N4O3S/c1-10(2)21-9-18-20-17(21)25-8-14(22)19-15(16(23)24)13-6-11(3)5-12(4)7-13/h5-7,9-10,15H,8H2,1-4H3,(H,19,22)(H,23,24).